The Bertz CT molecular complexity index is 362. The molecule has 8 heteroatoms. The van der Waals surface area contributed by atoms with Gasteiger partial charge in [-0.05, 0) is 19.5 Å². The maximum atomic E-state index is 11.0. The molecule has 132 valence electrons. The van der Waals surface area contributed by atoms with E-state index in [4.69, 9.17) is 9.84 Å². The summed E-state index contributed by atoms with van der Waals surface area (Å²) < 4.78 is 4.92. The van der Waals surface area contributed by atoms with E-state index in [1.807, 2.05) is 4.90 Å². The van der Waals surface area contributed by atoms with Crippen molar-refractivity contribution in [3.05, 3.63) is 0 Å². The molecule has 1 N–H and O–H groups in total. The number of aliphatic carboxylic acids is 1. The summed E-state index contributed by atoms with van der Waals surface area (Å²) in [6.45, 7) is 9.91. The Kier molecular flexibility index (Phi) is 7.73. The van der Waals surface area contributed by atoms with Gasteiger partial charge in [0.2, 0.25) is 0 Å². The van der Waals surface area contributed by atoms with Crippen LogP contribution in [0.5, 0.6) is 0 Å². The number of carbonyl (C=O) groups is 2. The molecule has 23 heavy (non-hydrogen) atoms. The highest BCUT2D eigenvalue weighted by Crippen LogP contribution is 2.05. The molecule has 0 aromatic heterocycles. The zero-order chi connectivity index (χ0) is 16.5. The van der Waals surface area contributed by atoms with Crippen LogP contribution in [0, 0.1) is 0 Å². The zero-order valence-electron chi connectivity index (χ0n) is 13.7. The van der Waals surface area contributed by atoms with Gasteiger partial charge in [0.25, 0.3) is 6.47 Å². The molecule has 0 aliphatic carbocycles. The molecule has 2 rings (SSSR count). The molecule has 0 spiro atoms. The summed E-state index contributed by atoms with van der Waals surface area (Å²) in [5.41, 5.74) is 0. The highest BCUT2D eigenvalue weighted by atomic mass is 16.5. The van der Waals surface area contributed by atoms with Gasteiger partial charge in [0.15, 0.2) is 0 Å². The molecule has 2 bridgehead atoms. The second kappa shape index (κ2) is 9.82. The van der Waals surface area contributed by atoms with E-state index in [9.17, 15) is 9.59 Å². The predicted molar refractivity (Wildman–Crippen MR) is 85.2 cm³/mol. The van der Waals surface area contributed by atoms with Crippen molar-refractivity contribution < 1.29 is 19.4 Å². The van der Waals surface area contributed by atoms with Crippen molar-refractivity contribution in [3.8, 4) is 0 Å². The largest absolute Gasteiger partial charge is 0.480 e. The van der Waals surface area contributed by atoms with Gasteiger partial charge in [-0.25, -0.2) is 0 Å². The zero-order valence-corrected chi connectivity index (χ0v) is 13.7. The number of nitrogens with zero attached hydrogens (tertiary/aromatic N) is 4. The number of hydrogen-bond donors (Lipinski definition) is 1. The molecule has 2 aliphatic rings. The van der Waals surface area contributed by atoms with Gasteiger partial charge in [-0.15, -0.1) is 0 Å². The van der Waals surface area contributed by atoms with E-state index in [0.29, 0.717) is 13.2 Å². The second-order valence-electron chi connectivity index (χ2n) is 6.22. The molecule has 0 amide bonds. The van der Waals surface area contributed by atoms with Crippen LogP contribution >= 0.6 is 0 Å². The first-order chi connectivity index (χ1) is 11.2. The lowest BCUT2D eigenvalue weighted by atomic mass is 10.2. The summed E-state index contributed by atoms with van der Waals surface area (Å²) in [6, 6.07) is 0. The van der Waals surface area contributed by atoms with Crippen LogP contribution in [0.4, 0.5) is 0 Å². The lowest BCUT2D eigenvalue weighted by Crippen LogP contribution is -2.49. The van der Waals surface area contributed by atoms with E-state index in [1.54, 1.807) is 0 Å². The van der Waals surface area contributed by atoms with Crippen molar-refractivity contribution in [1.29, 1.82) is 0 Å². The van der Waals surface area contributed by atoms with E-state index in [2.05, 4.69) is 14.7 Å². The monoisotopic (exact) mass is 328 g/mol. The molecule has 0 saturated carbocycles. The predicted octanol–water partition coefficient (Wildman–Crippen LogP) is -1.17. The van der Waals surface area contributed by atoms with Gasteiger partial charge in [-0.2, -0.15) is 0 Å². The molecule has 2 heterocycles. The summed E-state index contributed by atoms with van der Waals surface area (Å²) in [5, 5.41) is 9.06. The number of carboxylic acid groups (broad SMARTS) is 1. The molecule has 2 unspecified atom stereocenters. The quantitative estimate of drug-likeness (QED) is 0.633. The van der Waals surface area contributed by atoms with Crippen molar-refractivity contribution in [1.82, 2.24) is 19.6 Å². The van der Waals surface area contributed by atoms with Crippen LogP contribution in [-0.4, -0.2) is 116 Å². The van der Waals surface area contributed by atoms with Crippen LogP contribution in [0.3, 0.4) is 0 Å². The van der Waals surface area contributed by atoms with Crippen LogP contribution < -0.4 is 0 Å². The first kappa shape index (κ1) is 18.1. The van der Waals surface area contributed by atoms with Crippen molar-refractivity contribution in [2.24, 2.45) is 0 Å². The summed E-state index contributed by atoms with van der Waals surface area (Å²) in [5.74, 6) is -0.760. The molecule has 0 aromatic rings. The van der Waals surface area contributed by atoms with Gasteiger partial charge in [0, 0.05) is 52.4 Å². The first-order valence-electron chi connectivity index (χ1n) is 8.34. The minimum atomic E-state index is -0.760. The molecule has 0 aromatic carbocycles. The van der Waals surface area contributed by atoms with Gasteiger partial charge in [0.1, 0.15) is 6.73 Å². The van der Waals surface area contributed by atoms with Crippen LogP contribution in [-0.2, 0) is 14.3 Å². The van der Waals surface area contributed by atoms with E-state index in [0.717, 1.165) is 71.9 Å². The number of rotatable bonds is 5. The maximum Gasteiger partial charge on any atom is 0.317 e. The Morgan fingerprint density at radius 2 is 1.39 bits per heavy atom. The van der Waals surface area contributed by atoms with E-state index in [1.165, 1.54) is 0 Å². The molecule has 0 radical (unpaired) electrons. The van der Waals surface area contributed by atoms with E-state index < -0.39 is 5.97 Å². The molecular formula is C15H28N4O4. The Balaban J connectivity index is 1.98. The molecule has 2 saturated heterocycles. The Labute approximate surface area is 137 Å². The van der Waals surface area contributed by atoms with Crippen LogP contribution in [0.1, 0.15) is 6.42 Å². The van der Waals surface area contributed by atoms with Crippen molar-refractivity contribution >= 4 is 12.4 Å². The third-order valence-corrected chi connectivity index (χ3v) is 4.56. The maximum absolute atomic E-state index is 11.0. The molecule has 8 nitrogen and oxygen atoms in total. The third-order valence-electron chi connectivity index (χ3n) is 4.56. The van der Waals surface area contributed by atoms with Gasteiger partial charge >= 0.3 is 5.97 Å². The van der Waals surface area contributed by atoms with Crippen LogP contribution in [0.2, 0.25) is 0 Å². The Morgan fingerprint density at radius 3 is 1.87 bits per heavy atom. The SMILES string of the molecule is O=COCN1CCN2CCCN(CC1)CCN(CC(=O)O)CC2. The molecule has 2 atom stereocenters. The Hall–Kier alpha value is -1.22. The molecule has 2 aliphatic heterocycles. The number of carboxylic acids is 1. The summed E-state index contributed by atoms with van der Waals surface area (Å²) in [7, 11) is 0. The summed E-state index contributed by atoms with van der Waals surface area (Å²) in [6.07, 6.45) is 1.14. The van der Waals surface area contributed by atoms with Gasteiger partial charge in [-0.3, -0.25) is 19.4 Å². The highest BCUT2D eigenvalue weighted by Gasteiger charge is 2.19. The summed E-state index contributed by atoms with van der Waals surface area (Å²) >= 11 is 0. The fraction of sp³-hybridized carbons (Fsp3) is 0.867. The fourth-order valence-corrected chi connectivity index (χ4v) is 3.16. The average molecular weight is 328 g/mol. The van der Waals surface area contributed by atoms with E-state index in [-0.39, 0.29) is 6.54 Å². The van der Waals surface area contributed by atoms with Crippen molar-refractivity contribution in [3.63, 3.8) is 0 Å². The summed E-state index contributed by atoms with van der Waals surface area (Å²) in [4.78, 5) is 30.4. The lowest BCUT2D eigenvalue weighted by Gasteiger charge is -2.36. The van der Waals surface area contributed by atoms with Gasteiger partial charge < -0.3 is 19.6 Å². The van der Waals surface area contributed by atoms with Crippen LogP contribution in [0.15, 0.2) is 0 Å². The lowest BCUT2D eigenvalue weighted by molar-refractivity contribution is -0.138. The number of carbonyl (C=O) groups excluding carboxylic acids is 1. The first-order valence-corrected chi connectivity index (χ1v) is 8.34. The minimum absolute atomic E-state index is 0.112. The molecular weight excluding hydrogens is 300 g/mol. The smallest absolute Gasteiger partial charge is 0.317 e. The fourth-order valence-electron chi connectivity index (χ4n) is 3.16. The second-order valence-corrected chi connectivity index (χ2v) is 6.22. The normalized spacial score (nSPS) is 28.3. The topological polar surface area (TPSA) is 76.6 Å². The number of fused-ring (bicyclic) bond motifs is 4. The highest BCUT2D eigenvalue weighted by molar-refractivity contribution is 5.69. The van der Waals surface area contributed by atoms with E-state index >= 15 is 0 Å². The average Bonchev–Trinajstić information content (AvgIpc) is 2.53. The van der Waals surface area contributed by atoms with Crippen LogP contribution in [0.25, 0.3) is 0 Å². The van der Waals surface area contributed by atoms with Crippen molar-refractivity contribution in [2.45, 2.75) is 6.42 Å². The van der Waals surface area contributed by atoms with Crippen molar-refractivity contribution in [2.75, 3.05) is 78.7 Å². The molecule has 2 fully saturated rings. The van der Waals surface area contributed by atoms with Gasteiger partial charge in [0.05, 0.1) is 6.54 Å². The van der Waals surface area contributed by atoms with Gasteiger partial charge in [-0.1, -0.05) is 0 Å². The number of hydrogen-bond acceptors (Lipinski definition) is 7. The Morgan fingerprint density at radius 1 is 0.870 bits per heavy atom. The minimum Gasteiger partial charge on any atom is -0.480 e. The standard InChI is InChI=1S/C15H28N4O4/c20-14-23-13-19-10-6-16-2-1-3-17(7-11-19)5-9-18(8-4-16)12-15(21)22/h14H,1-13H2,(H,21,22). The third kappa shape index (κ3) is 6.82. The number of ether oxygens (including phenoxy) is 1.